The zero-order valence-electron chi connectivity index (χ0n) is 10.9. The summed E-state index contributed by atoms with van der Waals surface area (Å²) in [6, 6.07) is 8.34. The van der Waals surface area contributed by atoms with Crippen LogP contribution in [0.15, 0.2) is 28.7 Å². The summed E-state index contributed by atoms with van der Waals surface area (Å²) in [5.74, 6) is 0.919. The second-order valence-electron chi connectivity index (χ2n) is 4.88. The van der Waals surface area contributed by atoms with Crippen LogP contribution in [-0.2, 0) is 19.4 Å². The van der Waals surface area contributed by atoms with Crippen molar-refractivity contribution >= 4 is 15.9 Å². The van der Waals surface area contributed by atoms with Crippen molar-refractivity contribution < 1.29 is 0 Å². The molecule has 0 radical (unpaired) electrons. The molecule has 19 heavy (non-hydrogen) atoms. The first-order valence-electron chi connectivity index (χ1n) is 6.53. The minimum absolute atomic E-state index is 0.793. The molecule has 0 spiro atoms. The fraction of sp³-hybridized carbons (Fsp3) is 0.333. The average molecular weight is 318 g/mol. The molecule has 3 rings (SSSR count). The highest BCUT2D eigenvalue weighted by atomic mass is 79.9. The van der Waals surface area contributed by atoms with E-state index < -0.39 is 0 Å². The fourth-order valence-corrected chi connectivity index (χ4v) is 2.74. The first kappa shape index (κ1) is 12.8. The Morgan fingerprint density at radius 1 is 1.21 bits per heavy atom. The number of rotatable bonds is 2. The molecule has 0 bridgehead atoms. The molecule has 1 aliphatic heterocycles. The van der Waals surface area contributed by atoms with E-state index >= 15 is 0 Å². The maximum absolute atomic E-state index is 4.71. The van der Waals surface area contributed by atoms with Gasteiger partial charge in [-0.05, 0) is 43.1 Å². The highest BCUT2D eigenvalue weighted by Crippen LogP contribution is 2.17. The van der Waals surface area contributed by atoms with Crippen molar-refractivity contribution in [2.24, 2.45) is 0 Å². The lowest BCUT2D eigenvalue weighted by Crippen LogP contribution is -2.26. The largest absolute Gasteiger partial charge is 0.311 e. The van der Waals surface area contributed by atoms with Crippen molar-refractivity contribution in [3.05, 3.63) is 57.1 Å². The molecule has 0 aliphatic carbocycles. The number of hydrogen-bond donors (Lipinski definition) is 1. The average Bonchev–Trinajstić information content (AvgIpc) is 2.42. The summed E-state index contributed by atoms with van der Waals surface area (Å²) in [6.45, 7) is 3.99. The predicted molar refractivity (Wildman–Crippen MR) is 79.1 cm³/mol. The molecule has 2 aromatic rings. The van der Waals surface area contributed by atoms with Crippen LogP contribution in [0.25, 0.3) is 0 Å². The lowest BCUT2D eigenvalue weighted by atomic mass is 10.0. The van der Waals surface area contributed by atoms with Gasteiger partial charge in [0, 0.05) is 23.1 Å². The Balaban J connectivity index is 1.89. The number of fused-ring (bicyclic) bond motifs is 1. The molecule has 0 saturated carbocycles. The van der Waals surface area contributed by atoms with Crippen LogP contribution >= 0.6 is 15.9 Å². The van der Waals surface area contributed by atoms with Crippen molar-refractivity contribution in [2.45, 2.75) is 26.3 Å². The monoisotopic (exact) mass is 317 g/mol. The number of aromatic nitrogens is 2. The molecule has 0 unspecified atom stereocenters. The van der Waals surface area contributed by atoms with Crippen LogP contribution in [0.1, 0.15) is 28.3 Å². The van der Waals surface area contributed by atoms with Crippen LogP contribution in [0, 0.1) is 6.92 Å². The topological polar surface area (TPSA) is 37.8 Å². The summed E-state index contributed by atoms with van der Waals surface area (Å²) in [7, 11) is 0. The molecule has 0 fully saturated rings. The lowest BCUT2D eigenvalue weighted by Gasteiger charge is -2.18. The van der Waals surface area contributed by atoms with Crippen LogP contribution in [0.5, 0.6) is 0 Å². The Morgan fingerprint density at radius 2 is 2.00 bits per heavy atom. The molecule has 4 heteroatoms. The minimum Gasteiger partial charge on any atom is -0.311 e. The van der Waals surface area contributed by atoms with E-state index in [0.717, 1.165) is 41.9 Å². The Hall–Kier alpha value is -1.26. The summed E-state index contributed by atoms with van der Waals surface area (Å²) in [5.41, 5.74) is 4.88. The predicted octanol–water partition coefficient (Wildman–Crippen LogP) is 2.78. The van der Waals surface area contributed by atoms with Crippen LogP contribution in [0.2, 0.25) is 0 Å². The molecule has 0 atom stereocenters. The highest BCUT2D eigenvalue weighted by Gasteiger charge is 2.15. The third kappa shape index (κ3) is 2.85. The van der Waals surface area contributed by atoms with Gasteiger partial charge in [0.15, 0.2) is 0 Å². The van der Waals surface area contributed by atoms with Gasteiger partial charge in [-0.1, -0.05) is 28.1 Å². The second-order valence-corrected chi connectivity index (χ2v) is 5.80. The molecule has 3 nitrogen and oxygen atoms in total. The van der Waals surface area contributed by atoms with Gasteiger partial charge in [0.25, 0.3) is 0 Å². The number of hydrogen-bond acceptors (Lipinski definition) is 3. The maximum Gasteiger partial charge on any atom is 0.133 e. The SMILES string of the molecule is Cc1nc(Cc2ccc(Br)cc2)nc2c1CCNC2. The van der Waals surface area contributed by atoms with Gasteiger partial charge in [-0.25, -0.2) is 9.97 Å². The van der Waals surface area contributed by atoms with Crippen LogP contribution in [0.3, 0.4) is 0 Å². The molecular weight excluding hydrogens is 302 g/mol. The normalized spacial score (nSPS) is 14.2. The van der Waals surface area contributed by atoms with Gasteiger partial charge in [-0.15, -0.1) is 0 Å². The number of benzene rings is 1. The van der Waals surface area contributed by atoms with Crippen molar-refractivity contribution in [3.8, 4) is 0 Å². The van der Waals surface area contributed by atoms with E-state index in [4.69, 9.17) is 4.98 Å². The molecule has 0 saturated heterocycles. The molecule has 1 aromatic carbocycles. The zero-order valence-corrected chi connectivity index (χ0v) is 12.5. The van der Waals surface area contributed by atoms with E-state index in [-0.39, 0.29) is 0 Å². The molecule has 1 aromatic heterocycles. The van der Waals surface area contributed by atoms with Crippen LogP contribution in [0.4, 0.5) is 0 Å². The van der Waals surface area contributed by atoms with Crippen molar-refractivity contribution in [2.75, 3.05) is 6.54 Å². The third-order valence-electron chi connectivity index (χ3n) is 3.47. The fourth-order valence-electron chi connectivity index (χ4n) is 2.47. The lowest BCUT2D eigenvalue weighted by molar-refractivity contribution is 0.613. The summed E-state index contributed by atoms with van der Waals surface area (Å²) in [5, 5.41) is 3.37. The van der Waals surface area contributed by atoms with Crippen molar-refractivity contribution in [1.82, 2.24) is 15.3 Å². The summed E-state index contributed by atoms with van der Waals surface area (Å²) in [4.78, 5) is 9.36. The summed E-state index contributed by atoms with van der Waals surface area (Å²) >= 11 is 3.45. The zero-order chi connectivity index (χ0) is 13.2. The van der Waals surface area contributed by atoms with E-state index in [1.165, 1.54) is 16.8 Å². The molecular formula is C15H16BrN3. The van der Waals surface area contributed by atoms with Gasteiger partial charge in [0.1, 0.15) is 5.82 Å². The number of aryl methyl sites for hydroxylation is 1. The summed E-state index contributed by atoms with van der Waals surface area (Å²) < 4.78 is 1.10. The first-order chi connectivity index (χ1) is 9.22. The van der Waals surface area contributed by atoms with E-state index in [1.807, 2.05) is 0 Å². The molecule has 2 heterocycles. The Bertz CT molecular complexity index is 593. The van der Waals surface area contributed by atoms with Gasteiger partial charge >= 0.3 is 0 Å². The van der Waals surface area contributed by atoms with Gasteiger partial charge in [0.2, 0.25) is 0 Å². The molecule has 98 valence electrons. The smallest absolute Gasteiger partial charge is 0.133 e. The Kier molecular flexibility index (Phi) is 3.62. The second kappa shape index (κ2) is 5.39. The number of nitrogens with zero attached hydrogens (tertiary/aromatic N) is 2. The van der Waals surface area contributed by atoms with Gasteiger partial charge in [-0.2, -0.15) is 0 Å². The Morgan fingerprint density at radius 3 is 2.79 bits per heavy atom. The van der Waals surface area contributed by atoms with Crippen molar-refractivity contribution in [1.29, 1.82) is 0 Å². The number of halogens is 1. The van der Waals surface area contributed by atoms with Crippen molar-refractivity contribution in [3.63, 3.8) is 0 Å². The van der Waals surface area contributed by atoms with E-state index in [0.29, 0.717) is 0 Å². The minimum atomic E-state index is 0.793. The third-order valence-corrected chi connectivity index (χ3v) is 3.99. The van der Waals surface area contributed by atoms with Gasteiger partial charge in [0.05, 0.1) is 5.69 Å². The highest BCUT2D eigenvalue weighted by molar-refractivity contribution is 9.10. The molecule has 0 amide bonds. The standard InChI is InChI=1S/C15H16BrN3/c1-10-13-6-7-17-9-14(13)19-15(18-10)8-11-2-4-12(16)5-3-11/h2-5,17H,6-9H2,1H3. The molecule has 1 N–H and O–H groups in total. The van der Waals surface area contributed by atoms with Gasteiger partial charge < -0.3 is 5.32 Å². The first-order valence-corrected chi connectivity index (χ1v) is 7.32. The van der Waals surface area contributed by atoms with E-state index in [2.05, 4.69) is 57.4 Å². The quantitative estimate of drug-likeness (QED) is 0.925. The maximum atomic E-state index is 4.71. The van der Waals surface area contributed by atoms with Gasteiger partial charge in [-0.3, -0.25) is 0 Å². The van der Waals surface area contributed by atoms with E-state index in [1.54, 1.807) is 0 Å². The summed E-state index contributed by atoms with van der Waals surface area (Å²) in [6.07, 6.45) is 1.83. The number of nitrogens with one attached hydrogen (secondary N) is 1. The van der Waals surface area contributed by atoms with E-state index in [9.17, 15) is 0 Å². The van der Waals surface area contributed by atoms with Crippen LogP contribution < -0.4 is 5.32 Å². The Labute approximate surface area is 121 Å². The van der Waals surface area contributed by atoms with Crippen LogP contribution in [-0.4, -0.2) is 16.5 Å². The molecule has 1 aliphatic rings.